The molecule has 2 aliphatic heterocycles. The van der Waals surface area contributed by atoms with Crippen LogP contribution < -0.4 is 5.32 Å². The number of aromatic nitrogens is 2. The molecule has 214 valence electrons. The maximum Gasteiger partial charge on any atom is 0.190 e. The lowest BCUT2D eigenvalue weighted by atomic mass is 10.0. The van der Waals surface area contributed by atoms with Gasteiger partial charge in [-0.2, -0.15) is 0 Å². The van der Waals surface area contributed by atoms with Gasteiger partial charge in [0.05, 0.1) is 11.4 Å². The molecular weight excluding hydrogens is 514 g/mol. The molecule has 41 heavy (non-hydrogen) atoms. The lowest BCUT2D eigenvalue weighted by molar-refractivity contribution is -0.214. The maximum atomic E-state index is 10.6. The van der Waals surface area contributed by atoms with E-state index in [9.17, 15) is 5.11 Å². The number of hydrogen-bond donors (Lipinski definition) is 2. The zero-order valence-electron chi connectivity index (χ0n) is 23.8. The maximum absolute atomic E-state index is 10.6. The summed E-state index contributed by atoms with van der Waals surface area (Å²) in [4.78, 5) is 5.23. The Labute approximate surface area is 242 Å². The lowest BCUT2D eigenvalue weighted by Crippen LogP contribution is -2.40. The van der Waals surface area contributed by atoms with Crippen molar-refractivity contribution >= 4 is 0 Å². The van der Waals surface area contributed by atoms with E-state index in [1.165, 1.54) is 5.56 Å². The zero-order chi connectivity index (χ0) is 28.2. The van der Waals surface area contributed by atoms with Crippen molar-refractivity contribution in [3.8, 4) is 33.9 Å². The van der Waals surface area contributed by atoms with Crippen LogP contribution in [0.5, 0.6) is 0 Å². The number of ether oxygens (including phenoxy) is 3. The van der Waals surface area contributed by atoms with Crippen molar-refractivity contribution < 1.29 is 19.3 Å². The van der Waals surface area contributed by atoms with Crippen LogP contribution in [-0.2, 0) is 20.8 Å². The summed E-state index contributed by atoms with van der Waals surface area (Å²) in [5.74, 6) is 0.277. The summed E-state index contributed by atoms with van der Waals surface area (Å²) in [7, 11) is 0. The number of unbranched alkanes of at least 4 members (excludes halogenated alkanes) is 2. The van der Waals surface area contributed by atoms with E-state index in [1.807, 2.05) is 26.0 Å². The minimum Gasteiger partial charge on any atom is -0.387 e. The summed E-state index contributed by atoms with van der Waals surface area (Å²) in [5.41, 5.74) is 5.56. The first-order valence-corrected chi connectivity index (χ1v) is 14.7. The Balaban J connectivity index is 1.12. The van der Waals surface area contributed by atoms with E-state index < -0.39 is 24.3 Å². The van der Waals surface area contributed by atoms with Crippen LogP contribution in [0.15, 0.2) is 91.0 Å². The molecule has 7 nitrogen and oxygen atoms in total. The molecule has 0 saturated carbocycles. The normalized spacial score (nSPS) is 23.1. The predicted molar refractivity (Wildman–Crippen MR) is 160 cm³/mol. The highest BCUT2D eigenvalue weighted by molar-refractivity contribution is 5.82. The Morgan fingerprint density at radius 2 is 1.44 bits per heavy atom. The Morgan fingerprint density at radius 1 is 0.805 bits per heavy atom. The summed E-state index contributed by atoms with van der Waals surface area (Å²) in [5, 5.41) is 14.1. The molecular formula is C34H39N3O4. The van der Waals surface area contributed by atoms with Crippen LogP contribution >= 0.6 is 0 Å². The highest BCUT2D eigenvalue weighted by Crippen LogP contribution is 2.38. The minimum atomic E-state index is -0.716. The molecule has 7 heteroatoms. The molecule has 6 rings (SSSR count). The van der Waals surface area contributed by atoms with E-state index in [0.29, 0.717) is 6.54 Å². The van der Waals surface area contributed by atoms with Crippen molar-refractivity contribution in [2.75, 3.05) is 13.1 Å². The Hall–Kier alpha value is -3.33. The molecule has 0 spiro atoms. The predicted octanol–water partition coefficient (Wildman–Crippen LogP) is 5.88. The smallest absolute Gasteiger partial charge is 0.190 e. The van der Waals surface area contributed by atoms with Gasteiger partial charge in [0.1, 0.15) is 24.1 Å². The molecule has 4 aromatic rings. The largest absolute Gasteiger partial charge is 0.387 e. The van der Waals surface area contributed by atoms with Crippen molar-refractivity contribution in [3.63, 3.8) is 0 Å². The number of benzene rings is 3. The third-order valence-corrected chi connectivity index (χ3v) is 7.79. The molecule has 2 aliphatic rings. The fraction of sp³-hybridized carbons (Fsp3) is 0.382. The van der Waals surface area contributed by atoms with Crippen LogP contribution in [0.4, 0.5) is 0 Å². The molecule has 2 N–H and O–H groups in total. The van der Waals surface area contributed by atoms with Crippen molar-refractivity contribution in [2.45, 2.75) is 70.0 Å². The number of aliphatic hydroxyl groups is 1. The van der Waals surface area contributed by atoms with Gasteiger partial charge in [0, 0.05) is 29.8 Å². The third kappa shape index (κ3) is 6.15. The van der Waals surface area contributed by atoms with Gasteiger partial charge >= 0.3 is 0 Å². The number of rotatable bonds is 11. The molecule has 0 unspecified atom stereocenters. The molecule has 2 fully saturated rings. The average molecular weight is 554 g/mol. The van der Waals surface area contributed by atoms with Crippen LogP contribution in [0.25, 0.3) is 33.9 Å². The second-order valence-electron chi connectivity index (χ2n) is 11.3. The standard InChI is InChI=1S/C34H39N3O4/c1-34(2)40-31-30(38)27(39-33(31)41-34)23-35-21-13-6-14-22-37-29(25-17-9-4-10-18-25)28(24-15-7-3-8-16-24)36-32(37)26-19-11-5-12-20-26/h3-5,7-12,15-20,27,30-31,33,35,38H,6,13-14,21-23H2,1-2H3/t27-,30+,31-,33-/m1/s1. The van der Waals surface area contributed by atoms with Crippen LogP contribution in [0.3, 0.4) is 0 Å². The third-order valence-electron chi connectivity index (χ3n) is 7.79. The summed E-state index contributed by atoms with van der Waals surface area (Å²) in [6.45, 7) is 5.97. The summed E-state index contributed by atoms with van der Waals surface area (Å²) in [6.07, 6.45) is 1.17. The number of hydrogen-bond acceptors (Lipinski definition) is 6. The molecule has 0 bridgehead atoms. The van der Waals surface area contributed by atoms with E-state index in [1.54, 1.807) is 0 Å². The number of nitrogens with zero attached hydrogens (tertiary/aromatic N) is 2. The van der Waals surface area contributed by atoms with Crippen molar-refractivity contribution in [3.05, 3.63) is 91.0 Å². The quantitative estimate of drug-likeness (QED) is 0.226. The number of nitrogens with one attached hydrogen (secondary N) is 1. The Morgan fingerprint density at radius 3 is 2.10 bits per heavy atom. The molecule has 2 saturated heterocycles. The molecule has 3 heterocycles. The molecule has 0 radical (unpaired) electrons. The van der Waals surface area contributed by atoms with Crippen LogP contribution in [0.2, 0.25) is 0 Å². The van der Waals surface area contributed by atoms with Gasteiger partial charge in [0.2, 0.25) is 0 Å². The van der Waals surface area contributed by atoms with Gasteiger partial charge in [0.25, 0.3) is 0 Å². The van der Waals surface area contributed by atoms with Gasteiger partial charge in [-0.15, -0.1) is 0 Å². The molecule has 4 atom stereocenters. The van der Waals surface area contributed by atoms with Crippen LogP contribution in [0, 0.1) is 0 Å². The summed E-state index contributed by atoms with van der Waals surface area (Å²) < 4.78 is 19.8. The van der Waals surface area contributed by atoms with E-state index in [0.717, 1.165) is 60.7 Å². The lowest BCUT2D eigenvalue weighted by Gasteiger charge is -2.23. The van der Waals surface area contributed by atoms with Gasteiger partial charge in [-0.1, -0.05) is 97.4 Å². The van der Waals surface area contributed by atoms with Crippen molar-refractivity contribution in [1.82, 2.24) is 14.9 Å². The van der Waals surface area contributed by atoms with E-state index >= 15 is 0 Å². The van der Waals surface area contributed by atoms with Gasteiger partial charge in [-0.3, -0.25) is 0 Å². The number of imidazole rings is 1. The van der Waals surface area contributed by atoms with E-state index in [-0.39, 0.29) is 6.10 Å². The van der Waals surface area contributed by atoms with Gasteiger partial charge in [-0.05, 0) is 33.2 Å². The van der Waals surface area contributed by atoms with Gasteiger partial charge < -0.3 is 29.2 Å². The SMILES string of the molecule is CC1(C)O[C@H]2O[C@H](CNCCCCCn3c(-c4ccccc4)nc(-c4ccccc4)c3-c3ccccc3)[C@H](O)[C@H]2O1. The average Bonchev–Trinajstić information content (AvgIpc) is 3.62. The van der Waals surface area contributed by atoms with Crippen molar-refractivity contribution in [1.29, 1.82) is 0 Å². The van der Waals surface area contributed by atoms with Gasteiger partial charge in [-0.25, -0.2) is 4.98 Å². The van der Waals surface area contributed by atoms with Crippen LogP contribution in [0.1, 0.15) is 33.1 Å². The first kappa shape index (κ1) is 27.8. The summed E-state index contributed by atoms with van der Waals surface area (Å²) in [6, 6.07) is 31.5. The number of fused-ring (bicyclic) bond motifs is 1. The Kier molecular flexibility index (Phi) is 8.32. The first-order valence-electron chi connectivity index (χ1n) is 14.7. The minimum absolute atomic E-state index is 0.328. The molecule has 0 amide bonds. The van der Waals surface area contributed by atoms with Crippen molar-refractivity contribution in [2.24, 2.45) is 0 Å². The first-order chi connectivity index (χ1) is 20.0. The topological polar surface area (TPSA) is 77.8 Å². The Bertz CT molecular complexity index is 1410. The fourth-order valence-corrected chi connectivity index (χ4v) is 5.83. The second kappa shape index (κ2) is 12.3. The fourth-order valence-electron chi connectivity index (χ4n) is 5.83. The van der Waals surface area contributed by atoms with E-state index in [2.05, 4.69) is 88.7 Å². The zero-order valence-corrected chi connectivity index (χ0v) is 23.8. The highest BCUT2D eigenvalue weighted by atomic mass is 16.8. The second-order valence-corrected chi connectivity index (χ2v) is 11.3. The molecule has 3 aromatic carbocycles. The highest BCUT2D eigenvalue weighted by Gasteiger charge is 2.53. The molecule has 1 aromatic heterocycles. The monoisotopic (exact) mass is 553 g/mol. The summed E-state index contributed by atoms with van der Waals surface area (Å²) >= 11 is 0. The number of aliphatic hydroxyl groups excluding tert-OH is 1. The van der Waals surface area contributed by atoms with E-state index in [4.69, 9.17) is 19.2 Å². The van der Waals surface area contributed by atoms with Gasteiger partial charge in [0.15, 0.2) is 12.1 Å². The van der Waals surface area contributed by atoms with Crippen LogP contribution in [-0.4, -0.2) is 58.1 Å². The molecule has 0 aliphatic carbocycles.